The second-order valence-corrected chi connectivity index (χ2v) is 3.44. The van der Waals surface area contributed by atoms with Crippen LogP contribution in [0.3, 0.4) is 0 Å². The third-order valence-corrected chi connectivity index (χ3v) is 2.09. The van der Waals surface area contributed by atoms with E-state index in [1.165, 1.54) is 6.92 Å². The molecule has 6 heteroatoms. The van der Waals surface area contributed by atoms with E-state index < -0.39 is 12.0 Å². The number of nitrogens with one attached hydrogen (secondary N) is 1. The van der Waals surface area contributed by atoms with Crippen LogP contribution in [-0.4, -0.2) is 27.3 Å². The van der Waals surface area contributed by atoms with Gasteiger partial charge in [0, 0.05) is 5.92 Å². The SMILES string of the molecule is CC(Nc1nc(C2CC2)no1)C(=O)O. The van der Waals surface area contributed by atoms with E-state index in [0.717, 1.165) is 12.8 Å². The molecule has 2 rings (SSSR count). The molecule has 1 fully saturated rings. The number of aromatic nitrogens is 2. The van der Waals surface area contributed by atoms with Crippen LogP contribution in [-0.2, 0) is 4.79 Å². The molecule has 6 nitrogen and oxygen atoms in total. The quantitative estimate of drug-likeness (QED) is 0.743. The Morgan fingerprint density at radius 3 is 3.00 bits per heavy atom. The number of anilines is 1. The van der Waals surface area contributed by atoms with Crippen LogP contribution in [0.25, 0.3) is 0 Å². The van der Waals surface area contributed by atoms with Crippen molar-refractivity contribution in [3.05, 3.63) is 5.82 Å². The number of carboxylic acids is 1. The smallest absolute Gasteiger partial charge is 0.325 e. The van der Waals surface area contributed by atoms with E-state index in [1.54, 1.807) is 0 Å². The number of hydrogen-bond donors (Lipinski definition) is 2. The molecule has 1 heterocycles. The molecule has 76 valence electrons. The number of hydrogen-bond acceptors (Lipinski definition) is 5. The molecule has 0 spiro atoms. The first kappa shape index (κ1) is 8.98. The molecule has 0 amide bonds. The topological polar surface area (TPSA) is 88.3 Å². The van der Waals surface area contributed by atoms with E-state index in [1.807, 2.05) is 0 Å². The lowest BCUT2D eigenvalue weighted by atomic mass is 10.3. The lowest BCUT2D eigenvalue weighted by Crippen LogP contribution is -2.25. The van der Waals surface area contributed by atoms with Gasteiger partial charge < -0.3 is 14.9 Å². The molecule has 0 aromatic carbocycles. The Balaban J connectivity index is 1.98. The van der Waals surface area contributed by atoms with Crippen LogP contribution in [0.15, 0.2) is 4.52 Å². The Bertz CT molecular complexity index is 345. The van der Waals surface area contributed by atoms with E-state index in [-0.39, 0.29) is 6.01 Å². The van der Waals surface area contributed by atoms with Crippen LogP contribution in [0.1, 0.15) is 31.5 Å². The van der Waals surface area contributed by atoms with E-state index in [2.05, 4.69) is 15.5 Å². The van der Waals surface area contributed by atoms with Crippen molar-refractivity contribution >= 4 is 12.0 Å². The summed E-state index contributed by atoms with van der Waals surface area (Å²) in [7, 11) is 0. The minimum Gasteiger partial charge on any atom is -0.480 e. The highest BCUT2D eigenvalue weighted by Crippen LogP contribution is 2.38. The molecule has 1 aliphatic carbocycles. The van der Waals surface area contributed by atoms with Gasteiger partial charge in [0.25, 0.3) is 0 Å². The van der Waals surface area contributed by atoms with Gasteiger partial charge in [0.05, 0.1) is 0 Å². The fourth-order valence-electron chi connectivity index (χ4n) is 1.05. The van der Waals surface area contributed by atoms with Crippen molar-refractivity contribution in [2.24, 2.45) is 0 Å². The fourth-order valence-corrected chi connectivity index (χ4v) is 1.05. The third kappa shape index (κ3) is 1.84. The first-order valence-electron chi connectivity index (χ1n) is 4.50. The molecule has 0 radical (unpaired) electrons. The highest BCUT2D eigenvalue weighted by Gasteiger charge is 2.29. The van der Waals surface area contributed by atoms with Gasteiger partial charge in [-0.2, -0.15) is 4.98 Å². The van der Waals surface area contributed by atoms with Gasteiger partial charge in [0.15, 0.2) is 5.82 Å². The summed E-state index contributed by atoms with van der Waals surface area (Å²) in [6.45, 7) is 1.52. The summed E-state index contributed by atoms with van der Waals surface area (Å²) in [6, 6.07) is -0.538. The molecule has 14 heavy (non-hydrogen) atoms. The average Bonchev–Trinajstić information content (AvgIpc) is 2.88. The zero-order chi connectivity index (χ0) is 10.1. The average molecular weight is 197 g/mol. The molecule has 1 aromatic heterocycles. The lowest BCUT2D eigenvalue weighted by Gasteiger charge is -2.03. The van der Waals surface area contributed by atoms with Crippen LogP contribution in [0.5, 0.6) is 0 Å². The Morgan fingerprint density at radius 1 is 1.71 bits per heavy atom. The minimum atomic E-state index is -0.948. The lowest BCUT2D eigenvalue weighted by molar-refractivity contribution is -0.137. The largest absolute Gasteiger partial charge is 0.480 e. The van der Waals surface area contributed by atoms with Gasteiger partial charge in [-0.1, -0.05) is 5.16 Å². The van der Waals surface area contributed by atoms with Crippen molar-refractivity contribution in [3.63, 3.8) is 0 Å². The standard InChI is InChI=1S/C8H11N3O3/c1-4(7(12)13)9-8-10-6(11-14-8)5-2-3-5/h4-5H,2-3H2,1H3,(H,12,13)(H,9,10,11). The number of nitrogens with zero attached hydrogens (tertiary/aromatic N) is 2. The second kappa shape index (κ2) is 3.28. The molecule has 1 saturated carbocycles. The normalized spacial score (nSPS) is 17.8. The van der Waals surface area contributed by atoms with Crippen LogP contribution in [0, 0.1) is 0 Å². The first-order chi connectivity index (χ1) is 6.66. The maximum absolute atomic E-state index is 10.5. The molecular formula is C8H11N3O3. The van der Waals surface area contributed by atoms with Crippen LogP contribution < -0.4 is 5.32 Å². The van der Waals surface area contributed by atoms with E-state index in [0.29, 0.717) is 11.7 Å². The van der Waals surface area contributed by atoms with Gasteiger partial charge in [-0.3, -0.25) is 4.79 Å². The molecule has 0 bridgehead atoms. The zero-order valence-corrected chi connectivity index (χ0v) is 7.73. The zero-order valence-electron chi connectivity index (χ0n) is 7.73. The summed E-state index contributed by atoms with van der Waals surface area (Å²) in [5.41, 5.74) is 0. The van der Waals surface area contributed by atoms with Crippen LogP contribution in [0.2, 0.25) is 0 Å². The van der Waals surface area contributed by atoms with E-state index in [4.69, 9.17) is 9.63 Å². The van der Waals surface area contributed by atoms with Crippen molar-refractivity contribution in [1.82, 2.24) is 10.1 Å². The highest BCUT2D eigenvalue weighted by molar-refractivity contribution is 5.75. The Morgan fingerprint density at radius 2 is 2.43 bits per heavy atom. The van der Waals surface area contributed by atoms with E-state index >= 15 is 0 Å². The summed E-state index contributed by atoms with van der Waals surface area (Å²) in [6.07, 6.45) is 2.18. The Labute approximate surface area is 80.3 Å². The summed E-state index contributed by atoms with van der Waals surface area (Å²) < 4.78 is 4.85. The molecule has 1 atom stereocenters. The van der Waals surface area contributed by atoms with Crippen molar-refractivity contribution < 1.29 is 14.4 Å². The summed E-state index contributed by atoms with van der Waals surface area (Å²) in [5.74, 6) is 0.135. The van der Waals surface area contributed by atoms with Gasteiger partial charge in [-0.25, -0.2) is 0 Å². The molecule has 2 N–H and O–H groups in total. The predicted molar refractivity (Wildman–Crippen MR) is 47.0 cm³/mol. The number of carbonyl (C=O) groups is 1. The predicted octanol–water partition coefficient (Wildman–Crippen LogP) is 0.832. The van der Waals surface area contributed by atoms with Gasteiger partial charge in [-0.15, -0.1) is 0 Å². The maximum Gasteiger partial charge on any atom is 0.325 e. The summed E-state index contributed by atoms with van der Waals surface area (Å²) >= 11 is 0. The number of carboxylic acid groups (broad SMARTS) is 1. The van der Waals surface area contributed by atoms with Crippen molar-refractivity contribution in [2.75, 3.05) is 5.32 Å². The molecule has 0 saturated heterocycles. The first-order valence-corrected chi connectivity index (χ1v) is 4.50. The van der Waals surface area contributed by atoms with Crippen LogP contribution in [0.4, 0.5) is 6.01 Å². The van der Waals surface area contributed by atoms with E-state index in [9.17, 15) is 4.79 Å². The van der Waals surface area contributed by atoms with Gasteiger partial charge in [0.2, 0.25) is 0 Å². The Kier molecular flexibility index (Phi) is 2.11. The molecule has 1 aliphatic rings. The van der Waals surface area contributed by atoms with Crippen molar-refractivity contribution in [2.45, 2.75) is 31.7 Å². The number of rotatable bonds is 4. The molecule has 0 aliphatic heterocycles. The van der Waals surface area contributed by atoms with Gasteiger partial charge in [-0.05, 0) is 19.8 Å². The van der Waals surface area contributed by atoms with Gasteiger partial charge >= 0.3 is 12.0 Å². The summed E-state index contributed by atoms with van der Waals surface area (Å²) in [4.78, 5) is 14.5. The highest BCUT2D eigenvalue weighted by atomic mass is 16.5. The maximum atomic E-state index is 10.5. The minimum absolute atomic E-state index is 0.182. The summed E-state index contributed by atoms with van der Waals surface area (Å²) in [5, 5.41) is 15.0. The molecule has 1 aromatic rings. The molecular weight excluding hydrogens is 186 g/mol. The second-order valence-electron chi connectivity index (χ2n) is 3.44. The monoisotopic (exact) mass is 197 g/mol. The van der Waals surface area contributed by atoms with Gasteiger partial charge in [0.1, 0.15) is 6.04 Å². The van der Waals surface area contributed by atoms with Crippen molar-refractivity contribution in [3.8, 4) is 0 Å². The molecule has 1 unspecified atom stereocenters. The number of aliphatic carboxylic acids is 1. The van der Waals surface area contributed by atoms with Crippen molar-refractivity contribution in [1.29, 1.82) is 0 Å². The fraction of sp³-hybridized carbons (Fsp3) is 0.625. The van der Waals surface area contributed by atoms with Crippen LogP contribution >= 0.6 is 0 Å². The Hall–Kier alpha value is -1.59. The third-order valence-electron chi connectivity index (χ3n) is 2.09.